The summed E-state index contributed by atoms with van der Waals surface area (Å²) in [5.74, 6) is -1.44. The molecule has 0 atom stereocenters. The van der Waals surface area contributed by atoms with Gasteiger partial charge in [-0.1, -0.05) is 6.07 Å². The van der Waals surface area contributed by atoms with E-state index in [0.717, 1.165) is 11.6 Å². The summed E-state index contributed by atoms with van der Waals surface area (Å²) in [7, 11) is 0. The number of carboxylic acid groups (broad SMARTS) is 1. The van der Waals surface area contributed by atoms with Crippen molar-refractivity contribution in [3.63, 3.8) is 0 Å². The minimum Gasteiger partial charge on any atom is -0.478 e. The number of carboxylic acids is 1. The molecule has 1 aromatic rings. The zero-order chi connectivity index (χ0) is 15.4. The Kier molecular flexibility index (Phi) is 4.37. The number of carbonyl (C=O) groups is 3. The molecule has 2 N–H and O–H groups in total. The monoisotopic (exact) mass is 288 g/mol. The average molecular weight is 288 g/mol. The topological polar surface area (TPSA) is 86.7 Å². The maximum absolute atomic E-state index is 12.4. The third kappa shape index (κ3) is 3.68. The van der Waals surface area contributed by atoms with Gasteiger partial charge in [-0.15, -0.1) is 0 Å². The quantitative estimate of drug-likeness (QED) is 0.800. The summed E-state index contributed by atoms with van der Waals surface area (Å²) in [5, 5.41) is 11.3. The molecule has 2 amide bonds. The molecule has 1 aliphatic heterocycles. The third-order valence-corrected chi connectivity index (χ3v) is 3.26. The number of aryl methyl sites for hydroxylation is 1. The van der Waals surface area contributed by atoms with Crippen LogP contribution in [0.4, 0.5) is 0 Å². The van der Waals surface area contributed by atoms with Gasteiger partial charge in [0.1, 0.15) is 0 Å². The van der Waals surface area contributed by atoms with E-state index in [1.807, 2.05) is 6.92 Å². The van der Waals surface area contributed by atoms with Crippen molar-refractivity contribution in [2.24, 2.45) is 0 Å². The first-order chi connectivity index (χ1) is 9.97. The lowest BCUT2D eigenvalue weighted by molar-refractivity contribution is -0.131. The van der Waals surface area contributed by atoms with Crippen molar-refractivity contribution < 1.29 is 19.5 Å². The number of rotatable bonds is 3. The molecule has 0 spiro atoms. The van der Waals surface area contributed by atoms with Crippen LogP contribution in [0.15, 0.2) is 24.3 Å². The molecule has 1 saturated heterocycles. The van der Waals surface area contributed by atoms with E-state index in [1.54, 1.807) is 18.2 Å². The van der Waals surface area contributed by atoms with Gasteiger partial charge in [-0.05, 0) is 36.3 Å². The van der Waals surface area contributed by atoms with Crippen LogP contribution in [-0.4, -0.2) is 47.4 Å². The molecule has 0 saturated carbocycles. The van der Waals surface area contributed by atoms with E-state index in [9.17, 15) is 14.4 Å². The van der Waals surface area contributed by atoms with Gasteiger partial charge in [0.25, 0.3) is 5.91 Å². The molecule has 0 aliphatic carbocycles. The number of nitrogens with one attached hydrogen (secondary N) is 1. The number of nitrogens with zero attached hydrogens (tertiary/aromatic N) is 1. The fraction of sp³-hybridized carbons (Fsp3) is 0.267. The molecule has 6 heteroatoms. The molecular formula is C15H16N2O4. The number of carbonyl (C=O) groups excluding carboxylic acids is 2. The highest BCUT2D eigenvalue weighted by atomic mass is 16.4. The second-order valence-corrected chi connectivity index (χ2v) is 4.82. The van der Waals surface area contributed by atoms with Crippen molar-refractivity contribution in [1.82, 2.24) is 10.2 Å². The minimum atomic E-state index is -1.04. The zero-order valence-corrected chi connectivity index (χ0v) is 11.6. The summed E-state index contributed by atoms with van der Waals surface area (Å²) in [6.07, 6.45) is 2.49. The molecule has 1 heterocycles. The van der Waals surface area contributed by atoms with Crippen LogP contribution >= 0.6 is 0 Å². The van der Waals surface area contributed by atoms with Crippen molar-refractivity contribution in [1.29, 1.82) is 0 Å². The smallest absolute Gasteiger partial charge is 0.328 e. The largest absolute Gasteiger partial charge is 0.478 e. The van der Waals surface area contributed by atoms with E-state index in [4.69, 9.17) is 5.11 Å². The number of hydrogen-bond donors (Lipinski definition) is 2. The maximum Gasteiger partial charge on any atom is 0.328 e. The first-order valence-electron chi connectivity index (χ1n) is 6.55. The lowest BCUT2D eigenvalue weighted by Crippen LogP contribution is -2.49. The Morgan fingerprint density at radius 1 is 1.38 bits per heavy atom. The first-order valence-corrected chi connectivity index (χ1v) is 6.55. The molecule has 6 nitrogen and oxygen atoms in total. The fourth-order valence-electron chi connectivity index (χ4n) is 2.11. The van der Waals surface area contributed by atoms with Crippen LogP contribution in [-0.2, 0) is 9.59 Å². The van der Waals surface area contributed by atoms with E-state index in [0.29, 0.717) is 24.2 Å². The van der Waals surface area contributed by atoms with Gasteiger partial charge >= 0.3 is 5.97 Å². The highest BCUT2D eigenvalue weighted by molar-refractivity contribution is 5.98. The molecule has 21 heavy (non-hydrogen) atoms. The summed E-state index contributed by atoms with van der Waals surface area (Å²) in [6, 6.07) is 5.09. The molecule has 1 aromatic carbocycles. The summed E-state index contributed by atoms with van der Waals surface area (Å²) >= 11 is 0. The first kappa shape index (κ1) is 14.8. The second-order valence-electron chi connectivity index (χ2n) is 4.82. The summed E-state index contributed by atoms with van der Waals surface area (Å²) in [5.41, 5.74) is 1.99. The average Bonchev–Trinajstić information content (AvgIpc) is 2.45. The van der Waals surface area contributed by atoms with Crippen LogP contribution < -0.4 is 5.32 Å². The Balaban J connectivity index is 2.23. The van der Waals surface area contributed by atoms with Gasteiger partial charge in [0.2, 0.25) is 5.91 Å². The van der Waals surface area contributed by atoms with Crippen LogP contribution in [0.5, 0.6) is 0 Å². The zero-order valence-electron chi connectivity index (χ0n) is 11.6. The molecule has 1 aliphatic rings. The van der Waals surface area contributed by atoms with Crippen LogP contribution in [0.3, 0.4) is 0 Å². The van der Waals surface area contributed by atoms with Crippen molar-refractivity contribution in [2.45, 2.75) is 6.92 Å². The Bertz CT molecular complexity index is 622. The molecule has 110 valence electrons. The lowest BCUT2D eigenvalue weighted by Gasteiger charge is -2.26. The minimum absolute atomic E-state index is 0.0486. The summed E-state index contributed by atoms with van der Waals surface area (Å²) in [6.45, 7) is 2.80. The molecule has 0 radical (unpaired) electrons. The van der Waals surface area contributed by atoms with E-state index < -0.39 is 5.97 Å². The maximum atomic E-state index is 12.4. The molecule has 1 fully saturated rings. The van der Waals surface area contributed by atoms with Crippen molar-refractivity contribution in [2.75, 3.05) is 19.6 Å². The Morgan fingerprint density at radius 3 is 2.81 bits per heavy atom. The van der Waals surface area contributed by atoms with Crippen LogP contribution in [0, 0.1) is 6.92 Å². The van der Waals surface area contributed by atoms with Crippen LogP contribution in [0.25, 0.3) is 6.08 Å². The van der Waals surface area contributed by atoms with Gasteiger partial charge in [-0.25, -0.2) is 4.79 Å². The predicted molar refractivity (Wildman–Crippen MR) is 76.8 cm³/mol. The molecule has 2 rings (SSSR count). The normalized spacial score (nSPS) is 15.1. The molecular weight excluding hydrogens is 272 g/mol. The Morgan fingerprint density at radius 2 is 2.14 bits per heavy atom. The Hall–Kier alpha value is -2.63. The van der Waals surface area contributed by atoms with E-state index in [1.165, 1.54) is 11.0 Å². The van der Waals surface area contributed by atoms with Crippen molar-refractivity contribution in [3.8, 4) is 0 Å². The third-order valence-electron chi connectivity index (χ3n) is 3.26. The lowest BCUT2D eigenvalue weighted by atomic mass is 10.0. The van der Waals surface area contributed by atoms with Gasteiger partial charge in [0.15, 0.2) is 0 Å². The van der Waals surface area contributed by atoms with Crippen LogP contribution in [0.2, 0.25) is 0 Å². The van der Waals surface area contributed by atoms with Crippen LogP contribution in [0.1, 0.15) is 21.5 Å². The van der Waals surface area contributed by atoms with Gasteiger partial charge in [-0.2, -0.15) is 0 Å². The molecule has 0 aromatic heterocycles. The van der Waals surface area contributed by atoms with Crippen molar-refractivity contribution in [3.05, 3.63) is 41.0 Å². The number of amides is 2. The van der Waals surface area contributed by atoms with Gasteiger partial charge in [-0.3, -0.25) is 9.59 Å². The molecule has 0 bridgehead atoms. The second kappa shape index (κ2) is 6.21. The fourth-order valence-corrected chi connectivity index (χ4v) is 2.11. The number of aliphatic carboxylic acids is 1. The highest BCUT2D eigenvalue weighted by Gasteiger charge is 2.22. The number of benzene rings is 1. The highest BCUT2D eigenvalue weighted by Crippen LogP contribution is 2.15. The standard InChI is InChI=1S/C15H16N2O4/c1-10-2-3-12(8-11(10)4-5-14(19)20)15(21)17-7-6-16-13(18)9-17/h2-5,8H,6-7,9H2,1H3,(H,16,18)(H,19,20)/b5-4+. The van der Waals surface area contributed by atoms with E-state index in [-0.39, 0.29) is 18.4 Å². The summed E-state index contributed by atoms with van der Waals surface area (Å²) < 4.78 is 0. The van der Waals surface area contributed by atoms with Gasteiger partial charge in [0, 0.05) is 24.7 Å². The van der Waals surface area contributed by atoms with Gasteiger partial charge in [0.05, 0.1) is 6.54 Å². The predicted octanol–water partition coefficient (Wildman–Crippen LogP) is 0.665. The van der Waals surface area contributed by atoms with E-state index in [2.05, 4.69) is 5.32 Å². The van der Waals surface area contributed by atoms with Crippen molar-refractivity contribution >= 4 is 23.9 Å². The van der Waals surface area contributed by atoms with Gasteiger partial charge < -0.3 is 15.3 Å². The number of piperazine rings is 1. The van der Waals surface area contributed by atoms with E-state index >= 15 is 0 Å². The SMILES string of the molecule is Cc1ccc(C(=O)N2CCNC(=O)C2)cc1/C=C/C(=O)O. The Labute approximate surface area is 122 Å². The number of hydrogen-bond acceptors (Lipinski definition) is 3. The summed E-state index contributed by atoms with van der Waals surface area (Å²) in [4.78, 5) is 35.7. The molecule has 0 unspecified atom stereocenters.